The van der Waals surface area contributed by atoms with Gasteiger partial charge in [0, 0.05) is 12.2 Å². The minimum atomic E-state index is -1.32. The Kier molecular flexibility index (Phi) is 29.9. The van der Waals surface area contributed by atoms with Crippen molar-refractivity contribution >= 4 is 29.4 Å². The van der Waals surface area contributed by atoms with E-state index < -0.39 is 29.4 Å². The molecule has 0 aromatic heterocycles. The summed E-state index contributed by atoms with van der Waals surface area (Å²) in [5.74, 6) is -2.68. The lowest BCUT2D eigenvalue weighted by Gasteiger charge is -1.81. The van der Waals surface area contributed by atoms with Crippen LogP contribution in [0.1, 0.15) is 13.3 Å². The van der Waals surface area contributed by atoms with Crippen LogP contribution in [0.4, 0.5) is 0 Å². The van der Waals surface area contributed by atoms with Crippen LogP contribution in [0.2, 0.25) is 0 Å². The maximum atomic E-state index is 9.25. The van der Waals surface area contributed by atoms with Crippen LogP contribution >= 0.6 is 0 Å². The topological polar surface area (TPSA) is 155 Å². The van der Waals surface area contributed by atoms with Crippen LogP contribution in [0.3, 0.4) is 0 Å². The summed E-state index contributed by atoms with van der Waals surface area (Å²) >= 11 is -1.32. The zero-order chi connectivity index (χ0) is 17.8. The first-order valence-electron chi connectivity index (χ1n) is 5.22. The second-order valence-electron chi connectivity index (χ2n) is 2.65. The molecule has 0 aliphatic heterocycles. The van der Waals surface area contributed by atoms with Gasteiger partial charge in [0.1, 0.15) is 0 Å². The number of hydrogen-bond donors (Lipinski definition) is 4. The highest BCUT2D eigenvalue weighted by molar-refractivity contribution is 7.85. The first-order valence-corrected chi connectivity index (χ1v) is 6.52. The maximum Gasteiger partial charge on any atom is 0.327 e. The molecule has 8 nitrogen and oxygen atoms in total. The number of carboxylic acids is 3. The number of aliphatic carboxylic acids is 3. The van der Waals surface area contributed by atoms with Gasteiger partial charge in [0.2, 0.25) is 0 Å². The van der Waals surface area contributed by atoms with Crippen LogP contribution in [-0.4, -0.2) is 43.0 Å². The molecular formula is C12H20O8S. The van der Waals surface area contributed by atoms with Crippen LogP contribution in [0.5, 0.6) is 0 Å². The lowest BCUT2D eigenvalue weighted by molar-refractivity contribution is -0.297. The van der Waals surface area contributed by atoms with Gasteiger partial charge in [-0.15, -0.1) is 0 Å². The summed E-state index contributed by atoms with van der Waals surface area (Å²) in [6.45, 7) is 10.7. The first-order chi connectivity index (χ1) is 9.58. The predicted molar refractivity (Wildman–Crippen MR) is 78.7 cm³/mol. The molecule has 0 rings (SSSR count). The Morgan fingerprint density at radius 2 is 1.24 bits per heavy atom. The molecule has 0 aromatic rings. The van der Waals surface area contributed by atoms with Gasteiger partial charge in [-0.2, -0.15) is 9.11 Å². The van der Waals surface area contributed by atoms with Crippen molar-refractivity contribution in [2.24, 2.45) is 0 Å². The average Bonchev–Trinajstić information content (AvgIpc) is 2.40. The van der Waals surface area contributed by atoms with Gasteiger partial charge in [-0.3, -0.25) is 0 Å². The summed E-state index contributed by atoms with van der Waals surface area (Å²) in [6, 6.07) is 0. The summed E-state index contributed by atoms with van der Waals surface area (Å²) in [5.41, 5.74) is 0. The van der Waals surface area contributed by atoms with E-state index in [4.69, 9.17) is 29.2 Å². The van der Waals surface area contributed by atoms with Crippen molar-refractivity contribution < 1.29 is 38.8 Å². The molecular weight excluding hydrogens is 304 g/mol. The summed E-state index contributed by atoms with van der Waals surface area (Å²) < 4.78 is 16.3. The molecule has 0 saturated heterocycles. The fourth-order valence-electron chi connectivity index (χ4n) is 0.183. The monoisotopic (exact) mass is 324 g/mol. The highest BCUT2D eigenvalue weighted by atomic mass is 32.2. The second kappa shape index (κ2) is 23.0. The molecule has 0 amide bonds. The predicted octanol–water partition coefficient (Wildman–Crippen LogP) is 0.397. The Balaban J connectivity index is -0.0000000921. The third kappa shape index (κ3) is 95.0. The number of rotatable bonds is 5. The number of carbonyl (C=O) groups excluding carboxylic acids is 1. The van der Waals surface area contributed by atoms with E-state index in [2.05, 4.69) is 19.7 Å². The van der Waals surface area contributed by atoms with Crippen molar-refractivity contribution in [1.29, 1.82) is 0 Å². The van der Waals surface area contributed by atoms with Gasteiger partial charge in [0.05, 0.1) is 5.97 Å². The Labute approximate surface area is 126 Å². The molecule has 0 saturated carbocycles. The van der Waals surface area contributed by atoms with E-state index in [-0.39, 0.29) is 0 Å². The van der Waals surface area contributed by atoms with Gasteiger partial charge in [0.15, 0.2) is 5.75 Å². The van der Waals surface area contributed by atoms with Gasteiger partial charge < -0.3 is 20.1 Å². The van der Waals surface area contributed by atoms with Gasteiger partial charge in [-0.25, -0.2) is 9.59 Å². The van der Waals surface area contributed by atoms with E-state index in [9.17, 15) is 9.59 Å². The van der Waals surface area contributed by atoms with Crippen LogP contribution in [0, 0.1) is 0 Å². The maximum absolute atomic E-state index is 9.25. The zero-order valence-electron chi connectivity index (χ0n) is 11.6. The van der Waals surface area contributed by atoms with Gasteiger partial charge in [-0.1, -0.05) is 26.7 Å². The summed E-state index contributed by atoms with van der Waals surface area (Å²) in [5, 5.41) is 24.3. The van der Waals surface area contributed by atoms with Crippen molar-refractivity contribution in [3.8, 4) is 0 Å². The molecule has 0 bridgehead atoms. The van der Waals surface area contributed by atoms with Crippen molar-refractivity contribution in [1.82, 2.24) is 0 Å². The Morgan fingerprint density at radius 1 is 1.00 bits per heavy atom. The molecule has 0 aromatic carbocycles. The summed E-state index contributed by atoms with van der Waals surface area (Å²) in [7, 11) is 0. The fourth-order valence-corrected chi connectivity index (χ4v) is 0.548. The standard InChI is InChI=1S/C3H9O2S.3C3H4O2/c1-2-3-6(4)5;3*1-2-3(4)5/h4-5H,2-3H2,1H3;3*2H,1H2,(H,4,5)/q+1;;;/p-1. The molecule has 21 heavy (non-hydrogen) atoms. The van der Waals surface area contributed by atoms with Crippen LogP contribution in [-0.2, 0) is 25.8 Å². The lowest BCUT2D eigenvalue weighted by atomic mass is 10.6. The van der Waals surface area contributed by atoms with E-state index in [1.54, 1.807) is 0 Å². The largest absolute Gasteiger partial charge is 0.545 e. The normalized spacial score (nSPS) is 7.43. The van der Waals surface area contributed by atoms with E-state index in [1.165, 1.54) is 0 Å². The molecule has 0 radical (unpaired) electrons. The van der Waals surface area contributed by atoms with Gasteiger partial charge in [0.25, 0.3) is 0 Å². The minimum absolute atomic E-state index is 0.514. The smallest absolute Gasteiger partial charge is 0.327 e. The molecule has 0 aliphatic rings. The number of hydrogen-bond acceptors (Lipinski definition) is 6. The van der Waals surface area contributed by atoms with E-state index in [1.807, 2.05) is 6.92 Å². The van der Waals surface area contributed by atoms with E-state index in [0.29, 0.717) is 5.75 Å². The third-order valence-electron chi connectivity index (χ3n) is 0.903. The Bertz CT molecular complexity index is 282. The second-order valence-corrected chi connectivity index (χ2v) is 3.74. The molecule has 0 unspecified atom stereocenters. The van der Waals surface area contributed by atoms with Crippen molar-refractivity contribution in [3.05, 3.63) is 38.0 Å². The van der Waals surface area contributed by atoms with Gasteiger partial charge in [-0.05, 0) is 12.5 Å². The summed E-state index contributed by atoms with van der Waals surface area (Å²) in [6.07, 6.45) is 3.23. The fraction of sp³-hybridized carbons (Fsp3) is 0.250. The van der Waals surface area contributed by atoms with E-state index in [0.717, 1.165) is 24.6 Å². The first kappa shape index (κ1) is 27.3. The van der Waals surface area contributed by atoms with Crippen molar-refractivity contribution in [2.45, 2.75) is 13.3 Å². The Morgan fingerprint density at radius 3 is 1.24 bits per heavy atom. The average molecular weight is 324 g/mol. The third-order valence-corrected chi connectivity index (χ3v) is 1.68. The molecule has 0 fully saturated rings. The molecule has 0 heterocycles. The van der Waals surface area contributed by atoms with Crippen LogP contribution in [0.25, 0.3) is 0 Å². The SMILES string of the molecule is C=CC(=O)O.C=CC(=O)O.C=CC(=O)[O-].CCC[S+](O)O. The van der Waals surface area contributed by atoms with Crippen LogP contribution < -0.4 is 5.11 Å². The quantitative estimate of drug-likeness (QED) is 0.418. The number of carboxylic acid groups (broad SMARTS) is 3. The molecule has 122 valence electrons. The van der Waals surface area contributed by atoms with Crippen molar-refractivity contribution in [2.75, 3.05) is 5.75 Å². The minimum Gasteiger partial charge on any atom is -0.545 e. The summed E-state index contributed by atoms with van der Waals surface area (Å²) in [4.78, 5) is 27.6. The highest BCUT2D eigenvalue weighted by Gasteiger charge is 2.04. The van der Waals surface area contributed by atoms with E-state index >= 15 is 0 Å². The number of carbonyl (C=O) groups is 3. The van der Waals surface area contributed by atoms with Crippen molar-refractivity contribution in [3.63, 3.8) is 0 Å². The molecule has 0 aliphatic carbocycles. The lowest BCUT2D eigenvalue weighted by Crippen LogP contribution is -2.17. The molecule has 9 heteroatoms. The molecule has 4 N–H and O–H groups in total. The Hall–Kier alpha value is -2.10. The molecule has 0 atom stereocenters. The van der Waals surface area contributed by atoms with Crippen LogP contribution in [0.15, 0.2) is 38.0 Å². The molecule has 0 spiro atoms. The highest BCUT2D eigenvalue weighted by Crippen LogP contribution is 1.83. The van der Waals surface area contributed by atoms with Gasteiger partial charge >= 0.3 is 23.4 Å². The zero-order valence-corrected chi connectivity index (χ0v) is 12.4.